The van der Waals surface area contributed by atoms with Gasteiger partial charge in [0.25, 0.3) is 11.1 Å². The summed E-state index contributed by atoms with van der Waals surface area (Å²) in [4.78, 5) is 36.1. The standard InChI is InChI=1S/C16H18N2O3/c1-9-5-6-13(10(2)7-9)14(19)8-18-16(21)12(4)11(3)15(20)17-18/h5-7H,8H2,1-4H3,(H,17,20). The van der Waals surface area contributed by atoms with Gasteiger partial charge in [0.2, 0.25) is 0 Å². The zero-order valence-corrected chi connectivity index (χ0v) is 12.6. The van der Waals surface area contributed by atoms with E-state index in [-0.39, 0.29) is 23.4 Å². The number of rotatable bonds is 3. The number of H-pyrrole nitrogens is 1. The third kappa shape index (κ3) is 2.86. The number of carbonyl (C=O) groups is 1. The van der Waals surface area contributed by atoms with Crippen LogP contribution in [-0.4, -0.2) is 15.6 Å². The fourth-order valence-corrected chi connectivity index (χ4v) is 2.26. The predicted octanol–water partition coefficient (Wildman–Crippen LogP) is 1.65. The van der Waals surface area contributed by atoms with Gasteiger partial charge in [-0.05, 0) is 33.3 Å². The van der Waals surface area contributed by atoms with Gasteiger partial charge in [0.1, 0.15) is 6.54 Å². The van der Waals surface area contributed by atoms with Crippen LogP contribution in [0.5, 0.6) is 0 Å². The molecule has 0 saturated carbocycles. The maximum absolute atomic E-state index is 12.3. The lowest BCUT2D eigenvalue weighted by molar-refractivity contribution is 0.0964. The second-order valence-corrected chi connectivity index (χ2v) is 5.32. The number of hydrogen-bond donors (Lipinski definition) is 1. The molecule has 2 rings (SSSR count). The molecule has 0 atom stereocenters. The minimum atomic E-state index is -0.347. The Bertz CT molecular complexity index is 828. The number of nitrogens with one attached hydrogen (secondary N) is 1. The maximum atomic E-state index is 12.3. The molecule has 5 nitrogen and oxygen atoms in total. The van der Waals surface area contributed by atoms with Crippen molar-refractivity contribution in [1.29, 1.82) is 0 Å². The van der Waals surface area contributed by atoms with Crippen LogP contribution in [0, 0.1) is 27.7 Å². The van der Waals surface area contributed by atoms with Crippen molar-refractivity contribution in [2.75, 3.05) is 0 Å². The zero-order valence-electron chi connectivity index (χ0n) is 12.6. The highest BCUT2D eigenvalue weighted by Crippen LogP contribution is 2.11. The molecule has 0 amide bonds. The van der Waals surface area contributed by atoms with E-state index in [1.807, 2.05) is 26.0 Å². The summed E-state index contributed by atoms with van der Waals surface area (Å²) in [7, 11) is 0. The SMILES string of the molecule is Cc1ccc(C(=O)Cn2[nH]c(=O)c(C)c(C)c2=O)c(C)c1. The molecule has 0 spiro atoms. The molecule has 1 N–H and O–H groups in total. The lowest BCUT2D eigenvalue weighted by atomic mass is 10.0. The average molecular weight is 286 g/mol. The Morgan fingerprint density at radius 2 is 1.76 bits per heavy atom. The average Bonchev–Trinajstić information content (AvgIpc) is 2.42. The Labute approximate surface area is 122 Å². The Kier molecular flexibility index (Phi) is 3.93. The van der Waals surface area contributed by atoms with E-state index in [9.17, 15) is 14.4 Å². The number of carbonyl (C=O) groups excluding carboxylic acids is 1. The molecule has 5 heteroatoms. The lowest BCUT2D eigenvalue weighted by Gasteiger charge is -2.09. The van der Waals surface area contributed by atoms with E-state index in [2.05, 4.69) is 5.10 Å². The molecule has 21 heavy (non-hydrogen) atoms. The van der Waals surface area contributed by atoms with E-state index in [0.29, 0.717) is 16.7 Å². The van der Waals surface area contributed by atoms with E-state index < -0.39 is 0 Å². The maximum Gasteiger partial charge on any atom is 0.268 e. The van der Waals surface area contributed by atoms with Crippen LogP contribution in [0.1, 0.15) is 32.6 Å². The van der Waals surface area contributed by atoms with E-state index >= 15 is 0 Å². The molecular weight excluding hydrogens is 268 g/mol. The van der Waals surface area contributed by atoms with Gasteiger partial charge in [0.15, 0.2) is 5.78 Å². The van der Waals surface area contributed by atoms with Gasteiger partial charge in [0.05, 0.1) is 0 Å². The second-order valence-electron chi connectivity index (χ2n) is 5.32. The van der Waals surface area contributed by atoms with E-state index in [4.69, 9.17) is 0 Å². The molecule has 110 valence electrons. The molecule has 0 aliphatic heterocycles. The lowest BCUT2D eigenvalue weighted by Crippen LogP contribution is -2.35. The normalized spacial score (nSPS) is 10.7. The highest BCUT2D eigenvalue weighted by molar-refractivity contribution is 5.97. The summed E-state index contributed by atoms with van der Waals surface area (Å²) in [6, 6.07) is 5.52. The molecule has 1 heterocycles. The summed E-state index contributed by atoms with van der Waals surface area (Å²) in [6.07, 6.45) is 0. The minimum Gasteiger partial charge on any atom is -0.292 e. The molecule has 0 unspecified atom stereocenters. The van der Waals surface area contributed by atoms with Crippen LogP contribution < -0.4 is 11.1 Å². The van der Waals surface area contributed by atoms with E-state index in [1.54, 1.807) is 19.9 Å². The zero-order chi connectivity index (χ0) is 15.7. The highest BCUT2D eigenvalue weighted by atomic mass is 16.2. The minimum absolute atomic E-state index is 0.168. The van der Waals surface area contributed by atoms with Crippen LogP contribution in [0.3, 0.4) is 0 Å². The van der Waals surface area contributed by atoms with Gasteiger partial charge < -0.3 is 0 Å². The third-order valence-corrected chi connectivity index (χ3v) is 3.69. The predicted molar refractivity (Wildman–Crippen MR) is 81.0 cm³/mol. The first-order chi connectivity index (χ1) is 9.81. The summed E-state index contributed by atoms with van der Waals surface area (Å²) >= 11 is 0. The van der Waals surface area contributed by atoms with Crippen molar-refractivity contribution in [3.63, 3.8) is 0 Å². The van der Waals surface area contributed by atoms with Gasteiger partial charge in [-0.3, -0.25) is 19.5 Å². The number of aryl methyl sites for hydroxylation is 2. The first kappa shape index (κ1) is 15.0. The molecule has 1 aromatic heterocycles. The van der Waals surface area contributed by atoms with Gasteiger partial charge in [-0.1, -0.05) is 23.8 Å². The fraction of sp³-hybridized carbons (Fsp3) is 0.312. The van der Waals surface area contributed by atoms with Crippen LogP contribution in [0.25, 0.3) is 0 Å². The number of aromatic amines is 1. The van der Waals surface area contributed by atoms with Gasteiger partial charge in [0, 0.05) is 16.7 Å². The molecule has 0 saturated heterocycles. The molecule has 1 aromatic carbocycles. The van der Waals surface area contributed by atoms with Crippen molar-refractivity contribution in [3.8, 4) is 0 Å². The van der Waals surface area contributed by atoms with Gasteiger partial charge in [-0.15, -0.1) is 0 Å². The molecule has 0 aliphatic rings. The van der Waals surface area contributed by atoms with Crippen LogP contribution in [0.4, 0.5) is 0 Å². The Hall–Kier alpha value is -2.43. The molecule has 0 fully saturated rings. The molecular formula is C16H18N2O3. The molecule has 2 aromatic rings. The van der Waals surface area contributed by atoms with Crippen molar-refractivity contribution >= 4 is 5.78 Å². The quantitative estimate of drug-likeness (QED) is 0.872. The van der Waals surface area contributed by atoms with Crippen LogP contribution in [-0.2, 0) is 6.54 Å². The number of Topliss-reactive ketones (excluding diaryl/α,β-unsaturated/α-hetero) is 1. The van der Waals surface area contributed by atoms with E-state index in [0.717, 1.165) is 15.8 Å². The molecule has 0 radical (unpaired) electrons. The van der Waals surface area contributed by atoms with Crippen molar-refractivity contribution in [1.82, 2.24) is 9.78 Å². The molecule has 0 bridgehead atoms. The Morgan fingerprint density at radius 1 is 1.10 bits per heavy atom. The first-order valence-corrected chi connectivity index (χ1v) is 6.72. The number of benzene rings is 1. The van der Waals surface area contributed by atoms with Crippen LogP contribution in [0.2, 0.25) is 0 Å². The summed E-state index contributed by atoms with van der Waals surface area (Å²) in [5, 5.41) is 2.44. The molecule has 0 aliphatic carbocycles. The second kappa shape index (κ2) is 5.52. The van der Waals surface area contributed by atoms with Crippen molar-refractivity contribution in [2.45, 2.75) is 34.2 Å². The largest absolute Gasteiger partial charge is 0.292 e. The summed E-state index contributed by atoms with van der Waals surface area (Å²) in [5.41, 5.74) is 2.56. The summed E-state index contributed by atoms with van der Waals surface area (Å²) in [6.45, 7) is 6.81. The number of aromatic nitrogens is 2. The number of nitrogens with zero attached hydrogens (tertiary/aromatic N) is 1. The highest BCUT2D eigenvalue weighted by Gasteiger charge is 2.13. The van der Waals surface area contributed by atoms with Crippen molar-refractivity contribution in [3.05, 3.63) is 66.7 Å². The Balaban J connectivity index is 2.41. The fourth-order valence-electron chi connectivity index (χ4n) is 2.26. The van der Waals surface area contributed by atoms with Gasteiger partial charge in [-0.2, -0.15) is 0 Å². The number of ketones is 1. The van der Waals surface area contributed by atoms with Crippen molar-refractivity contribution in [2.24, 2.45) is 0 Å². The van der Waals surface area contributed by atoms with Crippen molar-refractivity contribution < 1.29 is 4.79 Å². The monoisotopic (exact) mass is 286 g/mol. The topological polar surface area (TPSA) is 71.9 Å². The Morgan fingerprint density at radius 3 is 2.38 bits per heavy atom. The van der Waals surface area contributed by atoms with Crippen LogP contribution >= 0.6 is 0 Å². The van der Waals surface area contributed by atoms with E-state index in [1.165, 1.54) is 0 Å². The summed E-state index contributed by atoms with van der Waals surface area (Å²) in [5.74, 6) is -0.200. The summed E-state index contributed by atoms with van der Waals surface area (Å²) < 4.78 is 1.08. The number of hydrogen-bond acceptors (Lipinski definition) is 3. The van der Waals surface area contributed by atoms with Gasteiger partial charge in [-0.25, -0.2) is 4.68 Å². The van der Waals surface area contributed by atoms with Crippen LogP contribution in [0.15, 0.2) is 27.8 Å². The third-order valence-electron chi connectivity index (χ3n) is 3.69. The van der Waals surface area contributed by atoms with Gasteiger partial charge >= 0.3 is 0 Å². The first-order valence-electron chi connectivity index (χ1n) is 6.72. The smallest absolute Gasteiger partial charge is 0.268 e.